The predicted molar refractivity (Wildman–Crippen MR) is 66.7 cm³/mol. The summed E-state index contributed by atoms with van der Waals surface area (Å²) in [5.74, 6) is 0.440. The topological polar surface area (TPSA) is 70.7 Å². The molecule has 0 saturated carbocycles. The number of hydrogen-bond acceptors (Lipinski definition) is 3. The van der Waals surface area contributed by atoms with Crippen LogP contribution in [0.1, 0.15) is 45.5 Å². The lowest BCUT2D eigenvalue weighted by Crippen LogP contribution is -2.31. The average molecular weight is 259 g/mol. The van der Waals surface area contributed by atoms with Gasteiger partial charge < -0.3 is 5.32 Å². The van der Waals surface area contributed by atoms with E-state index in [9.17, 15) is 4.79 Å². The summed E-state index contributed by atoms with van der Waals surface area (Å²) in [6, 6.07) is -0.150. The van der Waals surface area contributed by atoms with Gasteiger partial charge in [0.25, 0.3) is 0 Å². The molecule has 0 radical (unpaired) electrons. The molecular formula is C11H19ClN4O. The molecule has 0 aliphatic heterocycles. The van der Waals surface area contributed by atoms with E-state index < -0.39 is 0 Å². The Labute approximate surface area is 106 Å². The second-order valence-electron chi connectivity index (χ2n) is 5.22. The van der Waals surface area contributed by atoms with E-state index >= 15 is 0 Å². The summed E-state index contributed by atoms with van der Waals surface area (Å²) in [4.78, 5) is 15.4. The highest BCUT2D eigenvalue weighted by Gasteiger charge is 2.20. The number of halogens is 1. The van der Waals surface area contributed by atoms with Crippen molar-refractivity contribution < 1.29 is 4.79 Å². The number of carbonyl (C=O) groups is 1. The second kappa shape index (κ2) is 6.00. The lowest BCUT2D eigenvalue weighted by molar-refractivity contribution is -0.119. The maximum atomic E-state index is 11.3. The third-order valence-corrected chi connectivity index (χ3v) is 2.65. The van der Waals surface area contributed by atoms with Crippen LogP contribution < -0.4 is 5.32 Å². The fourth-order valence-electron chi connectivity index (χ4n) is 1.47. The molecule has 17 heavy (non-hydrogen) atoms. The molecule has 6 heteroatoms. The first-order valence-corrected chi connectivity index (χ1v) is 6.16. The molecule has 0 fully saturated rings. The minimum Gasteiger partial charge on any atom is -0.345 e. The SMILES string of the molecule is CC(C)(C)CCC(NC(=O)CCl)c1ncn[nH]1. The van der Waals surface area contributed by atoms with Gasteiger partial charge in [-0.15, -0.1) is 11.6 Å². The molecule has 0 bridgehead atoms. The van der Waals surface area contributed by atoms with Gasteiger partial charge in [0.05, 0.1) is 6.04 Å². The first kappa shape index (κ1) is 14.0. The smallest absolute Gasteiger partial charge is 0.235 e. The number of alkyl halides is 1. The van der Waals surface area contributed by atoms with E-state index in [0.29, 0.717) is 5.82 Å². The van der Waals surface area contributed by atoms with Crippen LogP contribution in [0.3, 0.4) is 0 Å². The average Bonchev–Trinajstić information content (AvgIpc) is 2.75. The molecule has 2 N–H and O–H groups in total. The summed E-state index contributed by atoms with van der Waals surface area (Å²) in [5.41, 5.74) is 0.212. The van der Waals surface area contributed by atoms with E-state index in [1.807, 2.05) is 0 Å². The predicted octanol–water partition coefficient (Wildman–Crippen LogP) is 2.03. The van der Waals surface area contributed by atoms with E-state index in [1.54, 1.807) is 0 Å². The van der Waals surface area contributed by atoms with Gasteiger partial charge in [0.15, 0.2) is 0 Å². The van der Waals surface area contributed by atoms with Gasteiger partial charge >= 0.3 is 0 Å². The Hall–Kier alpha value is -1.10. The Bertz CT molecular complexity index is 345. The summed E-state index contributed by atoms with van der Waals surface area (Å²) in [6.45, 7) is 6.48. The van der Waals surface area contributed by atoms with Crippen molar-refractivity contribution in [2.75, 3.05) is 5.88 Å². The van der Waals surface area contributed by atoms with E-state index in [4.69, 9.17) is 11.6 Å². The summed E-state index contributed by atoms with van der Waals surface area (Å²) in [7, 11) is 0. The zero-order valence-electron chi connectivity index (χ0n) is 10.5. The van der Waals surface area contributed by atoms with Crippen molar-refractivity contribution in [3.05, 3.63) is 12.2 Å². The third-order valence-electron chi connectivity index (χ3n) is 2.40. The van der Waals surface area contributed by atoms with E-state index in [1.165, 1.54) is 6.33 Å². The Morgan fingerprint density at radius 3 is 2.76 bits per heavy atom. The Morgan fingerprint density at radius 1 is 1.59 bits per heavy atom. The first-order chi connectivity index (χ1) is 7.92. The van der Waals surface area contributed by atoms with Crippen LogP contribution in [-0.4, -0.2) is 27.0 Å². The highest BCUT2D eigenvalue weighted by Crippen LogP contribution is 2.25. The Morgan fingerprint density at radius 2 is 2.29 bits per heavy atom. The molecule has 1 aromatic rings. The molecule has 0 aliphatic carbocycles. The maximum Gasteiger partial charge on any atom is 0.235 e. The molecule has 0 aromatic carbocycles. The highest BCUT2D eigenvalue weighted by atomic mass is 35.5. The number of rotatable bonds is 5. The number of aromatic nitrogens is 3. The van der Waals surface area contributed by atoms with Crippen LogP contribution in [0.15, 0.2) is 6.33 Å². The molecule has 1 heterocycles. The van der Waals surface area contributed by atoms with Gasteiger partial charge in [-0.05, 0) is 18.3 Å². The van der Waals surface area contributed by atoms with Crippen LogP contribution in [0, 0.1) is 5.41 Å². The molecule has 1 rings (SSSR count). The lowest BCUT2D eigenvalue weighted by Gasteiger charge is -2.22. The molecule has 1 amide bonds. The minimum absolute atomic E-state index is 0.0415. The maximum absolute atomic E-state index is 11.3. The van der Waals surface area contributed by atoms with Gasteiger partial charge in [0.1, 0.15) is 18.0 Å². The van der Waals surface area contributed by atoms with Gasteiger partial charge in [0.2, 0.25) is 5.91 Å². The summed E-state index contributed by atoms with van der Waals surface area (Å²) >= 11 is 5.49. The van der Waals surface area contributed by atoms with Crippen LogP contribution >= 0.6 is 11.6 Å². The summed E-state index contributed by atoms with van der Waals surface area (Å²) in [5, 5.41) is 9.42. The number of carbonyl (C=O) groups excluding carboxylic acids is 1. The number of aromatic amines is 1. The monoisotopic (exact) mass is 258 g/mol. The van der Waals surface area contributed by atoms with Crippen molar-refractivity contribution >= 4 is 17.5 Å². The van der Waals surface area contributed by atoms with Crippen molar-refractivity contribution in [3.8, 4) is 0 Å². The fourth-order valence-corrected chi connectivity index (χ4v) is 1.55. The van der Waals surface area contributed by atoms with Crippen molar-refractivity contribution in [1.82, 2.24) is 20.5 Å². The number of H-pyrrole nitrogens is 1. The lowest BCUT2D eigenvalue weighted by atomic mass is 9.88. The van der Waals surface area contributed by atoms with Crippen molar-refractivity contribution in [2.24, 2.45) is 5.41 Å². The zero-order chi connectivity index (χ0) is 12.9. The Balaban J connectivity index is 2.63. The van der Waals surface area contributed by atoms with Crippen LogP contribution in [0.2, 0.25) is 0 Å². The molecule has 96 valence electrons. The number of nitrogens with zero attached hydrogens (tertiary/aromatic N) is 2. The van der Waals surface area contributed by atoms with Crippen molar-refractivity contribution in [2.45, 2.75) is 39.7 Å². The van der Waals surface area contributed by atoms with Gasteiger partial charge in [-0.1, -0.05) is 20.8 Å². The van der Waals surface area contributed by atoms with Crippen LogP contribution in [0.4, 0.5) is 0 Å². The third kappa shape index (κ3) is 5.17. The number of hydrogen-bond donors (Lipinski definition) is 2. The molecule has 1 unspecified atom stereocenters. The van der Waals surface area contributed by atoms with Crippen LogP contribution in [-0.2, 0) is 4.79 Å². The van der Waals surface area contributed by atoms with E-state index in [-0.39, 0.29) is 23.2 Å². The number of amides is 1. The molecule has 0 aliphatic rings. The fraction of sp³-hybridized carbons (Fsp3) is 0.727. The highest BCUT2D eigenvalue weighted by molar-refractivity contribution is 6.27. The van der Waals surface area contributed by atoms with Crippen molar-refractivity contribution in [3.63, 3.8) is 0 Å². The van der Waals surface area contributed by atoms with Gasteiger partial charge in [-0.25, -0.2) is 4.98 Å². The van der Waals surface area contributed by atoms with Crippen molar-refractivity contribution in [1.29, 1.82) is 0 Å². The van der Waals surface area contributed by atoms with E-state index in [0.717, 1.165) is 12.8 Å². The van der Waals surface area contributed by atoms with Crippen LogP contribution in [0.25, 0.3) is 0 Å². The minimum atomic E-state index is -0.193. The molecule has 0 saturated heterocycles. The van der Waals surface area contributed by atoms with Crippen LogP contribution in [0.5, 0.6) is 0 Å². The number of nitrogens with one attached hydrogen (secondary N) is 2. The second-order valence-corrected chi connectivity index (χ2v) is 5.49. The first-order valence-electron chi connectivity index (χ1n) is 5.63. The van der Waals surface area contributed by atoms with E-state index in [2.05, 4.69) is 41.3 Å². The molecular weight excluding hydrogens is 240 g/mol. The van der Waals surface area contributed by atoms with Gasteiger partial charge in [0, 0.05) is 0 Å². The standard InChI is InChI=1S/C11H19ClN4O/c1-11(2,3)5-4-8(15-9(17)6-12)10-13-7-14-16-10/h7-8H,4-6H2,1-3H3,(H,15,17)(H,13,14,16). The van der Waals surface area contributed by atoms with Gasteiger partial charge in [-0.2, -0.15) is 5.10 Å². The summed E-state index contributed by atoms with van der Waals surface area (Å²) < 4.78 is 0. The summed E-state index contributed by atoms with van der Waals surface area (Å²) in [6.07, 6.45) is 3.22. The quantitative estimate of drug-likeness (QED) is 0.794. The largest absolute Gasteiger partial charge is 0.345 e. The molecule has 1 atom stereocenters. The molecule has 0 spiro atoms. The molecule has 1 aromatic heterocycles. The van der Waals surface area contributed by atoms with Gasteiger partial charge in [-0.3, -0.25) is 9.89 Å². The normalized spacial score (nSPS) is 13.4. The molecule has 5 nitrogen and oxygen atoms in total. The Kier molecular flexibility index (Phi) is 4.93. The zero-order valence-corrected chi connectivity index (χ0v) is 11.2.